The lowest BCUT2D eigenvalue weighted by molar-refractivity contribution is 0.572. The highest BCUT2D eigenvalue weighted by molar-refractivity contribution is 7.64. The lowest BCUT2D eigenvalue weighted by Crippen LogP contribution is -1.95. The van der Waals surface area contributed by atoms with Crippen LogP contribution < -0.4 is 0 Å². The first kappa shape index (κ1) is 13.9. The first-order valence-electron chi connectivity index (χ1n) is 7.26. The quantitative estimate of drug-likeness (QED) is 0.530. The van der Waals surface area contributed by atoms with Gasteiger partial charge in [-0.25, -0.2) is 0 Å². The Morgan fingerprint density at radius 3 is 1.29 bits per heavy atom. The van der Waals surface area contributed by atoms with Crippen molar-refractivity contribution in [2.75, 3.05) is 37.0 Å². The van der Waals surface area contributed by atoms with Crippen molar-refractivity contribution in [3.8, 4) is 0 Å². The fraction of sp³-hybridized carbons (Fsp3) is 1.00. The van der Waals surface area contributed by atoms with Crippen LogP contribution in [0.2, 0.25) is 0 Å². The summed E-state index contributed by atoms with van der Waals surface area (Å²) in [6.07, 6.45) is 14.1. The summed E-state index contributed by atoms with van der Waals surface area (Å²) in [5, 5.41) is 0. The summed E-state index contributed by atoms with van der Waals surface area (Å²) < 4.78 is 24.5. The van der Waals surface area contributed by atoms with E-state index >= 15 is 0 Å². The van der Waals surface area contributed by atoms with Crippen molar-refractivity contribution in [1.82, 2.24) is 0 Å². The third kappa shape index (κ3) is 4.25. The second-order valence-corrected chi connectivity index (χ2v) is 12.8. The summed E-state index contributed by atoms with van der Waals surface area (Å²) in [6, 6.07) is 0. The Balaban J connectivity index is 1.57. The van der Waals surface area contributed by atoms with Gasteiger partial charge in [0.25, 0.3) is 0 Å². The average molecular weight is 276 g/mol. The van der Waals surface area contributed by atoms with Crippen LogP contribution in [0.1, 0.15) is 44.9 Å². The molecule has 0 saturated carbocycles. The summed E-state index contributed by atoms with van der Waals surface area (Å²) in [5.74, 6) is 0. The number of hydrogen-bond acceptors (Lipinski definition) is 2. The van der Waals surface area contributed by atoms with E-state index in [0.29, 0.717) is 0 Å². The van der Waals surface area contributed by atoms with E-state index in [1.807, 2.05) is 0 Å². The van der Waals surface area contributed by atoms with Gasteiger partial charge < -0.3 is 9.13 Å². The molecule has 0 radical (unpaired) electrons. The average Bonchev–Trinajstić information content (AvgIpc) is 2.89. The third-order valence-corrected chi connectivity index (χ3v) is 11.2. The van der Waals surface area contributed by atoms with Gasteiger partial charge in [-0.05, 0) is 38.5 Å². The Kier molecular flexibility index (Phi) is 4.96. The molecule has 0 aliphatic carbocycles. The second kappa shape index (κ2) is 6.07. The van der Waals surface area contributed by atoms with E-state index in [-0.39, 0.29) is 0 Å². The van der Waals surface area contributed by atoms with Crippen molar-refractivity contribution in [2.45, 2.75) is 44.9 Å². The van der Waals surface area contributed by atoms with Crippen LogP contribution in [0.5, 0.6) is 0 Å². The van der Waals surface area contributed by atoms with Crippen LogP contribution in [0, 0.1) is 0 Å². The minimum Gasteiger partial charge on any atom is -0.324 e. The predicted octanol–water partition coefficient (Wildman–Crippen LogP) is 4.47. The minimum atomic E-state index is -1.72. The molecule has 0 aromatic rings. The standard InChI is InChI=1S/C13H26O2P2/c14-16(10-4-5-11-16)8-2-1-3-9-17(15)12-6-7-13-17/h1-13H2. The Hall–Kier alpha value is 0.460. The summed E-state index contributed by atoms with van der Waals surface area (Å²) in [6.45, 7) is 0. The zero-order valence-corrected chi connectivity index (χ0v) is 12.7. The third-order valence-electron chi connectivity index (χ3n) is 4.39. The molecule has 2 heterocycles. The maximum atomic E-state index is 12.2. The molecule has 0 amide bonds. The van der Waals surface area contributed by atoms with E-state index < -0.39 is 14.3 Å². The van der Waals surface area contributed by atoms with E-state index in [1.165, 1.54) is 25.7 Å². The van der Waals surface area contributed by atoms with Gasteiger partial charge in [-0.15, -0.1) is 0 Å². The zero-order chi connectivity index (χ0) is 12.2. The van der Waals surface area contributed by atoms with Crippen LogP contribution in [-0.2, 0) is 9.13 Å². The molecule has 2 rings (SSSR count). The minimum absolute atomic E-state index is 0.970. The Labute approximate surface area is 106 Å². The maximum Gasteiger partial charge on any atom is 0.0877 e. The summed E-state index contributed by atoms with van der Waals surface area (Å²) >= 11 is 0. The molecule has 0 aromatic heterocycles. The molecule has 4 heteroatoms. The number of unbranched alkanes of at least 4 members (excludes halogenated alkanes) is 2. The monoisotopic (exact) mass is 276 g/mol. The predicted molar refractivity (Wildman–Crippen MR) is 76.7 cm³/mol. The Morgan fingerprint density at radius 1 is 0.588 bits per heavy atom. The van der Waals surface area contributed by atoms with Crippen molar-refractivity contribution >= 4 is 14.3 Å². The van der Waals surface area contributed by atoms with E-state index in [4.69, 9.17) is 0 Å². The van der Waals surface area contributed by atoms with Gasteiger partial charge in [-0.3, -0.25) is 0 Å². The molecule has 2 nitrogen and oxygen atoms in total. The van der Waals surface area contributed by atoms with Gasteiger partial charge in [-0.1, -0.05) is 6.42 Å². The zero-order valence-electron chi connectivity index (χ0n) is 10.9. The van der Waals surface area contributed by atoms with Gasteiger partial charge in [0.1, 0.15) is 0 Å². The fourth-order valence-electron chi connectivity index (χ4n) is 3.25. The molecular weight excluding hydrogens is 250 g/mol. The smallest absolute Gasteiger partial charge is 0.0877 e. The molecule has 0 aromatic carbocycles. The highest BCUT2D eigenvalue weighted by Gasteiger charge is 2.27. The number of rotatable bonds is 6. The molecule has 0 bridgehead atoms. The molecule has 2 saturated heterocycles. The molecule has 0 N–H and O–H groups in total. The highest BCUT2D eigenvalue weighted by atomic mass is 31.2. The largest absolute Gasteiger partial charge is 0.324 e. The van der Waals surface area contributed by atoms with Crippen molar-refractivity contribution < 1.29 is 9.13 Å². The van der Waals surface area contributed by atoms with E-state index in [9.17, 15) is 9.13 Å². The van der Waals surface area contributed by atoms with E-state index in [0.717, 1.165) is 56.2 Å². The first-order chi connectivity index (χ1) is 8.12. The van der Waals surface area contributed by atoms with Crippen LogP contribution in [0.3, 0.4) is 0 Å². The van der Waals surface area contributed by atoms with Gasteiger partial charge in [0.2, 0.25) is 0 Å². The lowest BCUT2D eigenvalue weighted by atomic mass is 10.3. The van der Waals surface area contributed by atoms with Crippen molar-refractivity contribution in [3.05, 3.63) is 0 Å². The summed E-state index contributed by atoms with van der Waals surface area (Å²) in [4.78, 5) is 0. The van der Waals surface area contributed by atoms with Crippen molar-refractivity contribution in [2.24, 2.45) is 0 Å². The molecule has 0 atom stereocenters. The van der Waals surface area contributed by atoms with Gasteiger partial charge in [0, 0.05) is 37.0 Å². The van der Waals surface area contributed by atoms with Crippen LogP contribution >= 0.6 is 14.3 Å². The first-order valence-corrected chi connectivity index (χ1v) is 11.8. The molecule has 2 aliphatic heterocycles. The lowest BCUT2D eigenvalue weighted by Gasteiger charge is -2.12. The molecule has 2 aliphatic rings. The van der Waals surface area contributed by atoms with Crippen molar-refractivity contribution in [3.63, 3.8) is 0 Å². The van der Waals surface area contributed by atoms with Crippen LogP contribution in [-0.4, -0.2) is 37.0 Å². The van der Waals surface area contributed by atoms with Gasteiger partial charge >= 0.3 is 0 Å². The van der Waals surface area contributed by atoms with E-state index in [1.54, 1.807) is 0 Å². The molecule has 0 unspecified atom stereocenters. The summed E-state index contributed by atoms with van der Waals surface area (Å²) in [7, 11) is -3.44. The fourth-order valence-corrected chi connectivity index (χ4v) is 9.39. The Morgan fingerprint density at radius 2 is 0.941 bits per heavy atom. The molecular formula is C13H26O2P2. The normalized spacial score (nSPS) is 26.4. The van der Waals surface area contributed by atoms with Crippen molar-refractivity contribution in [1.29, 1.82) is 0 Å². The van der Waals surface area contributed by atoms with Gasteiger partial charge in [0.15, 0.2) is 0 Å². The highest BCUT2D eigenvalue weighted by Crippen LogP contribution is 2.54. The molecule has 0 spiro atoms. The van der Waals surface area contributed by atoms with Gasteiger partial charge in [-0.2, -0.15) is 0 Å². The van der Waals surface area contributed by atoms with Gasteiger partial charge in [0.05, 0.1) is 14.3 Å². The summed E-state index contributed by atoms with van der Waals surface area (Å²) in [5.41, 5.74) is 0. The second-order valence-electron chi connectivity index (χ2n) is 5.93. The molecule has 17 heavy (non-hydrogen) atoms. The SMILES string of the molecule is O=P1(CCCCCP2(=O)CCCC2)CCCC1. The topological polar surface area (TPSA) is 34.1 Å². The van der Waals surface area contributed by atoms with E-state index in [2.05, 4.69) is 0 Å². The van der Waals surface area contributed by atoms with Crippen LogP contribution in [0.15, 0.2) is 0 Å². The molecule has 100 valence electrons. The number of hydrogen-bond donors (Lipinski definition) is 0. The van der Waals surface area contributed by atoms with Crippen LogP contribution in [0.4, 0.5) is 0 Å². The van der Waals surface area contributed by atoms with Crippen LogP contribution in [0.25, 0.3) is 0 Å². The maximum absolute atomic E-state index is 12.2. The Bertz CT molecular complexity index is 286. The molecule has 2 fully saturated rings.